The second-order valence-corrected chi connectivity index (χ2v) is 28.0. The van der Waals surface area contributed by atoms with Gasteiger partial charge in [0.15, 0.2) is 31.3 Å². The summed E-state index contributed by atoms with van der Waals surface area (Å²) < 4.78 is 59.6. The maximum Gasteiger partial charge on any atom is 0.317 e. The topological polar surface area (TPSA) is 413 Å². The molecule has 83 heavy (non-hydrogen) atoms. The lowest BCUT2D eigenvalue weighted by atomic mass is 9.33. The van der Waals surface area contributed by atoms with Gasteiger partial charge >= 0.3 is 5.97 Å². The summed E-state index contributed by atoms with van der Waals surface area (Å²) in [5, 5.41) is 165. The number of fused-ring (bicyclic) bond motifs is 7. The lowest BCUT2D eigenvalue weighted by Crippen LogP contribution is -2.70. The maximum absolute atomic E-state index is 15.6. The van der Waals surface area contributed by atoms with E-state index in [2.05, 4.69) is 40.7 Å². The van der Waals surface area contributed by atoms with Gasteiger partial charge in [-0.1, -0.05) is 60.1 Å². The lowest BCUT2D eigenvalue weighted by Gasteiger charge is -2.72. The zero-order valence-corrected chi connectivity index (χ0v) is 48.4. The summed E-state index contributed by atoms with van der Waals surface area (Å²) in [4.78, 5) is 15.6. The minimum atomic E-state index is -1.88. The molecule has 4 saturated carbocycles. The smallest absolute Gasteiger partial charge is 0.317 e. The Kier molecular flexibility index (Phi) is 18.0. The summed E-state index contributed by atoms with van der Waals surface area (Å²) in [5.41, 5.74) is -3.48. The van der Waals surface area contributed by atoms with Gasteiger partial charge in [-0.2, -0.15) is 0 Å². The molecule has 0 aromatic heterocycles. The highest BCUT2D eigenvalue weighted by Crippen LogP contribution is 2.76. The zero-order chi connectivity index (χ0) is 60.6. The summed E-state index contributed by atoms with van der Waals surface area (Å²) in [5.74, 6) is -1.59. The van der Waals surface area contributed by atoms with E-state index in [-0.39, 0.29) is 43.1 Å². The molecule has 0 spiro atoms. The van der Waals surface area contributed by atoms with Gasteiger partial charge < -0.3 is 124 Å². The summed E-state index contributed by atoms with van der Waals surface area (Å²) >= 11 is 0. The van der Waals surface area contributed by atoms with E-state index in [0.717, 1.165) is 5.57 Å². The molecule has 15 N–H and O–H groups in total. The normalized spacial score (nSPS) is 55.1. The molecular weight excluding hydrogens is 1100 g/mol. The minimum absolute atomic E-state index is 0.0831. The van der Waals surface area contributed by atoms with E-state index < -0.39 is 212 Å². The molecule has 26 heteroatoms. The second kappa shape index (κ2) is 23.2. The Morgan fingerprint density at radius 3 is 1.78 bits per heavy atom. The standard InChI is InChI=1S/C57H92O26/c1-22-33(63)37(67)41(71)48(78-22)81-44-43(80-47-40(70)35(65)27(60)19-75-47)28(61)20-76-50(44)83-51(73)57-14-13-52(2,3)15-24(57)23-9-10-31-54(6)16-25(58)45(53(4,5)30(54)11-12-55(31,7)56(23,8)17-32(57)62)82-49-42(72)38(68)36(66)29(79-49)21-77-46-39(69)34(64)26(59)18-74-46/h9,22,24-50,58-72H,10-21H2,1-8H3/t22-,24+,25-,26-,27+,28+,29+,30?,31+,32+,33-,34-,35-,36+,37+,38-,39+,40+,41+,42+,43-,44+,45-,46-,47+,48-,49+,50+,54-,55+,56+,57+/m0/s1. The maximum atomic E-state index is 15.6. The van der Waals surface area contributed by atoms with E-state index in [0.29, 0.717) is 32.1 Å². The highest BCUT2D eigenvalue weighted by Gasteiger charge is 2.73. The average Bonchev–Trinajstić information content (AvgIpc) is 0.730. The molecule has 476 valence electrons. The number of hydrogen-bond acceptors (Lipinski definition) is 26. The molecule has 1 unspecified atom stereocenters. The van der Waals surface area contributed by atoms with Crippen LogP contribution >= 0.6 is 0 Å². The highest BCUT2D eigenvalue weighted by molar-refractivity contribution is 5.80. The molecule has 5 heterocycles. The number of hydrogen-bond donors (Lipinski definition) is 15. The van der Waals surface area contributed by atoms with Crippen molar-refractivity contribution in [2.45, 2.75) is 260 Å². The van der Waals surface area contributed by atoms with Crippen LogP contribution in [0.3, 0.4) is 0 Å². The van der Waals surface area contributed by atoms with E-state index in [4.69, 9.17) is 47.4 Å². The fourth-order valence-corrected chi connectivity index (χ4v) is 17.2. The fourth-order valence-electron chi connectivity index (χ4n) is 17.2. The van der Waals surface area contributed by atoms with Crippen LogP contribution in [-0.2, 0) is 52.2 Å². The van der Waals surface area contributed by atoms with Gasteiger partial charge in [0.1, 0.15) is 97.0 Å². The molecular formula is C57H92O26. The molecule has 5 saturated heterocycles. The van der Waals surface area contributed by atoms with Gasteiger partial charge in [0.2, 0.25) is 6.29 Å². The molecule has 5 aliphatic heterocycles. The molecule has 10 rings (SSSR count). The van der Waals surface area contributed by atoms with Crippen molar-refractivity contribution in [2.75, 3.05) is 26.4 Å². The number of aliphatic hydroxyl groups is 15. The van der Waals surface area contributed by atoms with Crippen LogP contribution in [0.5, 0.6) is 0 Å². The molecule has 0 aromatic rings. The van der Waals surface area contributed by atoms with Crippen molar-refractivity contribution in [2.24, 2.45) is 50.2 Å². The molecule has 5 aliphatic carbocycles. The number of allylic oxidation sites excluding steroid dienone is 2. The van der Waals surface area contributed by atoms with Crippen molar-refractivity contribution in [3.8, 4) is 0 Å². The summed E-state index contributed by atoms with van der Waals surface area (Å²) in [7, 11) is 0. The SMILES string of the molecule is C[C@@H]1O[C@@H](O[C@H]2[C@@H](OC(=O)[C@]34CCC(C)(C)C[C@@H]3C3=CC[C@@H]5[C@@]6(C)C[C@H](O)[C@H](O[C@H]7O[C@H](CO[C@@H]8OC[C@H](O)[C@H](O)[C@H]8O)[C@@H](O)[C@H](O)[C@H]7O)C(C)(C)C6CC[C@@]5(C)[C@]3(C)C[C@H]4O)OC[C@@H](O)[C@@H]2O[C@H]2OC[C@@H](O)[C@H](O)[C@H]2O)[C@H](O)[C@H](O)[C@H]1O. The van der Waals surface area contributed by atoms with E-state index in [1.807, 2.05) is 13.8 Å². The van der Waals surface area contributed by atoms with Gasteiger partial charge in [0.05, 0.1) is 50.8 Å². The lowest BCUT2D eigenvalue weighted by molar-refractivity contribution is -0.372. The number of carbonyl (C=O) groups is 1. The Balaban J connectivity index is 0.905. The third-order valence-corrected chi connectivity index (χ3v) is 22.3. The molecule has 26 nitrogen and oxygen atoms in total. The largest absolute Gasteiger partial charge is 0.432 e. The first-order valence-electron chi connectivity index (χ1n) is 29.6. The number of rotatable bonds is 11. The third kappa shape index (κ3) is 10.7. The first kappa shape index (κ1) is 64.2. The van der Waals surface area contributed by atoms with Crippen LogP contribution in [-0.4, -0.2) is 263 Å². The third-order valence-electron chi connectivity index (χ3n) is 22.3. The zero-order valence-electron chi connectivity index (χ0n) is 48.4. The number of esters is 1. The Hall–Kier alpha value is -1.75. The van der Waals surface area contributed by atoms with Crippen LogP contribution in [0.1, 0.15) is 107 Å². The summed E-state index contributed by atoms with van der Waals surface area (Å²) in [6.07, 6.45) is -33.1. The monoisotopic (exact) mass is 1190 g/mol. The van der Waals surface area contributed by atoms with Crippen LogP contribution in [0.15, 0.2) is 11.6 Å². The quantitative estimate of drug-likeness (QED) is 0.0547. The molecule has 0 aromatic carbocycles. The summed E-state index contributed by atoms with van der Waals surface area (Å²) in [6, 6.07) is 0. The van der Waals surface area contributed by atoms with Crippen LogP contribution in [0, 0.1) is 50.2 Å². The van der Waals surface area contributed by atoms with E-state index >= 15 is 4.79 Å². The van der Waals surface area contributed by atoms with Crippen molar-refractivity contribution in [3.63, 3.8) is 0 Å². The van der Waals surface area contributed by atoms with Crippen LogP contribution in [0.4, 0.5) is 0 Å². The Bertz CT molecular complexity index is 2330. The van der Waals surface area contributed by atoms with Crippen LogP contribution in [0.2, 0.25) is 0 Å². The number of ether oxygens (including phenoxy) is 10. The minimum Gasteiger partial charge on any atom is -0.432 e. The molecule has 0 amide bonds. The average molecular weight is 1190 g/mol. The van der Waals surface area contributed by atoms with Gasteiger partial charge in [0, 0.05) is 0 Å². The molecule has 0 radical (unpaired) electrons. The van der Waals surface area contributed by atoms with Gasteiger partial charge in [0.25, 0.3) is 0 Å². The van der Waals surface area contributed by atoms with Crippen LogP contribution < -0.4 is 0 Å². The Labute approximate surface area is 482 Å². The van der Waals surface area contributed by atoms with E-state index in [9.17, 15) is 76.6 Å². The predicted molar refractivity (Wildman–Crippen MR) is 279 cm³/mol. The predicted octanol–water partition coefficient (Wildman–Crippen LogP) is -3.32. The Morgan fingerprint density at radius 1 is 0.554 bits per heavy atom. The summed E-state index contributed by atoms with van der Waals surface area (Å²) in [6.45, 7) is 14.4. The van der Waals surface area contributed by atoms with Crippen molar-refractivity contribution in [1.82, 2.24) is 0 Å². The van der Waals surface area contributed by atoms with E-state index in [1.54, 1.807) is 0 Å². The molecule has 9 fully saturated rings. The molecule has 0 bridgehead atoms. The Morgan fingerprint density at radius 2 is 1.12 bits per heavy atom. The first-order chi connectivity index (χ1) is 38.7. The van der Waals surface area contributed by atoms with Gasteiger partial charge in [-0.25, -0.2) is 0 Å². The van der Waals surface area contributed by atoms with Crippen molar-refractivity contribution < 1.29 is 129 Å². The fraction of sp³-hybridized carbons (Fsp3) is 0.947. The van der Waals surface area contributed by atoms with Gasteiger partial charge in [-0.3, -0.25) is 4.79 Å². The van der Waals surface area contributed by atoms with Crippen molar-refractivity contribution >= 4 is 5.97 Å². The highest BCUT2D eigenvalue weighted by atomic mass is 16.8. The molecule has 32 atom stereocenters. The van der Waals surface area contributed by atoms with E-state index in [1.165, 1.54) is 6.92 Å². The number of carbonyl (C=O) groups excluding carboxylic acids is 1. The van der Waals surface area contributed by atoms with Crippen molar-refractivity contribution in [3.05, 3.63) is 11.6 Å². The second-order valence-electron chi connectivity index (χ2n) is 28.0. The first-order valence-corrected chi connectivity index (χ1v) is 29.6. The van der Waals surface area contributed by atoms with Gasteiger partial charge in [-0.15, -0.1) is 0 Å². The molecule has 10 aliphatic rings. The van der Waals surface area contributed by atoms with Crippen LogP contribution in [0.25, 0.3) is 0 Å². The number of aliphatic hydroxyl groups excluding tert-OH is 15. The van der Waals surface area contributed by atoms with Gasteiger partial charge in [-0.05, 0) is 103 Å². The van der Waals surface area contributed by atoms with Crippen molar-refractivity contribution in [1.29, 1.82) is 0 Å².